The standard InChI is InChI=1S/C17H18N2O8S/c1-26-13-7-3-11(4-8-13)16(20)15(17(21)27-2)18-28(24,25)14-9-5-12(6-10-14)19(22)23/h3-10,15-16,18,20H,1-2H3. The molecule has 0 amide bonds. The molecule has 28 heavy (non-hydrogen) atoms. The van der Waals surface area contributed by atoms with Crippen molar-refractivity contribution in [1.29, 1.82) is 0 Å². The van der Waals surface area contributed by atoms with Crippen LogP contribution in [0.1, 0.15) is 11.7 Å². The molecule has 0 aliphatic rings. The van der Waals surface area contributed by atoms with Gasteiger partial charge >= 0.3 is 5.97 Å². The lowest BCUT2D eigenvalue weighted by atomic mass is 10.0. The Balaban J connectivity index is 2.31. The van der Waals surface area contributed by atoms with E-state index in [1.165, 1.54) is 31.4 Å². The van der Waals surface area contributed by atoms with Gasteiger partial charge in [-0.3, -0.25) is 14.9 Å². The number of nitrogens with one attached hydrogen (secondary N) is 1. The summed E-state index contributed by atoms with van der Waals surface area (Å²) in [5.41, 5.74) is -0.0377. The smallest absolute Gasteiger partial charge is 0.326 e. The molecule has 10 nitrogen and oxygen atoms in total. The monoisotopic (exact) mass is 410 g/mol. The summed E-state index contributed by atoms with van der Waals surface area (Å²) < 4.78 is 36.8. The number of nitro groups is 1. The van der Waals surface area contributed by atoms with Crippen LogP contribution < -0.4 is 9.46 Å². The number of aliphatic hydroxyl groups excluding tert-OH is 1. The zero-order valence-corrected chi connectivity index (χ0v) is 15.8. The molecule has 0 spiro atoms. The topological polar surface area (TPSA) is 145 Å². The van der Waals surface area contributed by atoms with E-state index in [0.29, 0.717) is 5.75 Å². The SMILES string of the molecule is COC(=O)C(NS(=O)(=O)c1ccc([N+](=O)[O-])cc1)C(O)c1ccc(OC)cc1. The number of carbonyl (C=O) groups excluding carboxylic acids is 1. The number of ether oxygens (including phenoxy) is 2. The molecule has 2 unspecified atom stereocenters. The van der Waals surface area contributed by atoms with Crippen molar-refractivity contribution in [3.8, 4) is 5.75 Å². The molecule has 2 aromatic carbocycles. The predicted molar refractivity (Wildman–Crippen MR) is 97.2 cm³/mol. The van der Waals surface area contributed by atoms with Crippen LogP contribution in [0.4, 0.5) is 5.69 Å². The number of hydrogen-bond donors (Lipinski definition) is 2. The van der Waals surface area contributed by atoms with Gasteiger partial charge in [0.2, 0.25) is 10.0 Å². The molecule has 0 bridgehead atoms. The largest absolute Gasteiger partial charge is 0.497 e. The average Bonchev–Trinajstić information content (AvgIpc) is 2.71. The highest BCUT2D eigenvalue weighted by Crippen LogP contribution is 2.23. The van der Waals surface area contributed by atoms with E-state index < -0.39 is 33.1 Å². The van der Waals surface area contributed by atoms with Crippen LogP contribution in [0.5, 0.6) is 5.75 Å². The average molecular weight is 410 g/mol. The van der Waals surface area contributed by atoms with Crippen molar-refractivity contribution in [2.45, 2.75) is 17.0 Å². The van der Waals surface area contributed by atoms with Gasteiger partial charge in [0.05, 0.1) is 24.0 Å². The van der Waals surface area contributed by atoms with E-state index in [9.17, 15) is 28.4 Å². The molecule has 2 atom stereocenters. The first kappa shape index (κ1) is 21.3. The number of benzene rings is 2. The zero-order chi connectivity index (χ0) is 20.9. The van der Waals surface area contributed by atoms with Crippen molar-refractivity contribution >= 4 is 21.7 Å². The first-order valence-electron chi connectivity index (χ1n) is 7.86. The number of esters is 1. The molecule has 2 aromatic rings. The van der Waals surface area contributed by atoms with Crippen molar-refractivity contribution in [3.05, 3.63) is 64.2 Å². The molecule has 0 heterocycles. The Labute approximate surface area is 160 Å². The summed E-state index contributed by atoms with van der Waals surface area (Å²) in [6.07, 6.45) is -1.55. The lowest BCUT2D eigenvalue weighted by Crippen LogP contribution is -2.45. The number of methoxy groups -OCH3 is 2. The van der Waals surface area contributed by atoms with Gasteiger partial charge in [0.15, 0.2) is 0 Å². The summed E-state index contributed by atoms with van der Waals surface area (Å²) in [5.74, 6) is -0.495. The lowest BCUT2D eigenvalue weighted by molar-refractivity contribution is -0.384. The van der Waals surface area contributed by atoms with Gasteiger partial charge in [-0.25, -0.2) is 8.42 Å². The van der Waals surface area contributed by atoms with Crippen LogP contribution >= 0.6 is 0 Å². The van der Waals surface area contributed by atoms with E-state index in [1.807, 2.05) is 0 Å². The minimum absolute atomic E-state index is 0.252. The van der Waals surface area contributed by atoms with Crippen molar-refractivity contribution < 1.29 is 32.7 Å². The number of carbonyl (C=O) groups is 1. The Bertz CT molecular complexity index is 942. The highest BCUT2D eigenvalue weighted by atomic mass is 32.2. The first-order valence-corrected chi connectivity index (χ1v) is 9.34. The van der Waals surface area contributed by atoms with Crippen LogP contribution in [0.25, 0.3) is 0 Å². The molecule has 0 saturated carbocycles. The van der Waals surface area contributed by atoms with Gasteiger partial charge in [-0.1, -0.05) is 12.1 Å². The van der Waals surface area contributed by atoms with Gasteiger partial charge in [0.1, 0.15) is 17.9 Å². The molecular formula is C17H18N2O8S. The second kappa shape index (κ2) is 8.78. The number of nitro benzene ring substituents is 1. The first-order chi connectivity index (χ1) is 13.2. The number of rotatable bonds is 8. The molecule has 0 fully saturated rings. The van der Waals surface area contributed by atoms with E-state index in [2.05, 4.69) is 9.46 Å². The Kier molecular flexibility index (Phi) is 6.67. The maximum absolute atomic E-state index is 12.6. The van der Waals surface area contributed by atoms with E-state index in [4.69, 9.17) is 4.74 Å². The fraction of sp³-hybridized carbons (Fsp3) is 0.235. The minimum Gasteiger partial charge on any atom is -0.497 e. The van der Waals surface area contributed by atoms with E-state index in [1.54, 1.807) is 0 Å². The fourth-order valence-electron chi connectivity index (χ4n) is 2.34. The summed E-state index contributed by atoms with van der Waals surface area (Å²) >= 11 is 0. The van der Waals surface area contributed by atoms with Gasteiger partial charge in [-0.2, -0.15) is 4.72 Å². The van der Waals surface area contributed by atoms with Crippen LogP contribution in [0, 0.1) is 10.1 Å². The normalized spacial score (nSPS) is 13.4. The zero-order valence-electron chi connectivity index (χ0n) is 14.9. The van der Waals surface area contributed by atoms with E-state index >= 15 is 0 Å². The molecule has 2 N–H and O–H groups in total. The number of hydrogen-bond acceptors (Lipinski definition) is 8. The Hall–Kier alpha value is -3.02. The van der Waals surface area contributed by atoms with Gasteiger partial charge in [-0.15, -0.1) is 0 Å². The van der Waals surface area contributed by atoms with Crippen LogP contribution in [0.3, 0.4) is 0 Å². The highest BCUT2D eigenvalue weighted by Gasteiger charge is 2.34. The van der Waals surface area contributed by atoms with Crippen LogP contribution in [-0.4, -0.2) is 44.7 Å². The molecule has 0 saturated heterocycles. The summed E-state index contributed by atoms with van der Waals surface area (Å²) in [7, 11) is -1.77. The third-order valence-electron chi connectivity index (χ3n) is 3.87. The van der Waals surface area contributed by atoms with Crippen LogP contribution in [-0.2, 0) is 19.6 Å². The molecule has 150 valence electrons. The highest BCUT2D eigenvalue weighted by molar-refractivity contribution is 7.89. The molecule has 0 aliphatic carbocycles. The van der Waals surface area contributed by atoms with Crippen molar-refractivity contribution in [1.82, 2.24) is 4.72 Å². The van der Waals surface area contributed by atoms with Crippen molar-refractivity contribution in [2.75, 3.05) is 14.2 Å². The third-order valence-corrected chi connectivity index (χ3v) is 5.33. The summed E-state index contributed by atoms with van der Waals surface area (Å²) in [6.45, 7) is 0. The van der Waals surface area contributed by atoms with Gasteiger partial charge in [-0.05, 0) is 29.8 Å². The van der Waals surface area contributed by atoms with Crippen molar-refractivity contribution in [3.63, 3.8) is 0 Å². The third kappa shape index (κ3) is 4.82. The maximum Gasteiger partial charge on any atom is 0.326 e. The molecule has 2 rings (SSSR count). The number of aliphatic hydroxyl groups is 1. The van der Waals surface area contributed by atoms with Gasteiger partial charge in [0, 0.05) is 12.1 Å². The van der Waals surface area contributed by atoms with Gasteiger partial charge < -0.3 is 14.6 Å². The summed E-state index contributed by atoms with van der Waals surface area (Å²) in [5, 5.41) is 21.2. The summed E-state index contributed by atoms with van der Waals surface area (Å²) in [4.78, 5) is 21.8. The lowest BCUT2D eigenvalue weighted by Gasteiger charge is -2.22. The molecule has 11 heteroatoms. The fourth-order valence-corrected chi connectivity index (χ4v) is 3.53. The minimum atomic E-state index is -4.28. The Morgan fingerprint density at radius 3 is 2.14 bits per heavy atom. The molecule has 0 aromatic heterocycles. The van der Waals surface area contributed by atoms with E-state index in [-0.39, 0.29) is 16.1 Å². The second-order valence-corrected chi connectivity index (χ2v) is 7.31. The second-order valence-electron chi connectivity index (χ2n) is 5.59. The quantitative estimate of drug-likeness (QED) is 0.375. The van der Waals surface area contributed by atoms with Gasteiger partial charge in [0.25, 0.3) is 5.69 Å². The van der Waals surface area contributed by atoms with Crippen LogP contribution in [0.2, 0.25) is 0 Å². The molecular weight excluding hydrogens is 392 g/mol. The number of non-ortho nitro benzene ring substituents is 1. The Morgan fingerprint density at radius 2 is 1.68 bits per heavy atom. The predicted octanol–water partition coefficient (Wildman–Crippen LogP) is 1.16. The van der Waals surface area contributed by atoms with Crippen molar-refractivity contribution in [2.24, 2.45) is 0 Å². The van der Waals surface area contributed by atoms with Crippen LogP contribution in [0.15, 0.2) is 53.4 Å². The summed E-state index contributed by atoms with van der Waals surface area (Å²) in [6, 6.07) is 8.46. The molecule has 0 aliphatic heterocycles. The number of nitrogens with zero attached hydrogens (tertiary/aromatic N) is 1. The Morgan fingerprint density at radius 1 is 1.11 bits per heavy atom. The van der Waals surface area contributed by atoms with E-state index in [0.717, 1.165) is 31.4 Å². The maximum atomic E-state index is 12.6. The molecule has 0 radical (unpaired) electrons. The number of sulfonamides is 1.